The van der Waals surface area contributed by atoms with E-state index >= 15 is 0 Å². The summed E-state index contributed by atoms with van der Waals surface area (Å²) in [5.41, 5.74) is 5.58. The minimum atomic E-state index is 0.448. The Morgan fingerprint density at radius 2 is 2.12 bits per heavy atom. The summed E-state index contributed by atoms with van der Waals surface area (Å²) < 4.78 is 1.85. The Morgan fingerprint density at radius 1 is 1.28 bits per heavy atom. The van der Waals surface area contributed by atoms with E-state index in [0.29, 0.717) is 11.7 Å². The van der Waals surface area contributed by atoms with Crippen molar-refractivity contribution < 1.29 is 0 Å². The molecule has 0 amide bonds. The van der Waals surface area contributed by atoms with Crippen molar-refractivity contribution in [1.29, 1.82) is 0 Å². The summed E-state index contributed by atoms with van der Waals surface area (Å²) in [5, 5.41) is 14.4. The first-order chi connectivity index (χ1) is 12.3. The van der Waals surface area contributed by atoms with E-state index in [2.05, 4.69) is 22.4 Å². The zero-order chi connectivity index (χ0) is 17.5. The molecule has 126 valence electrons. The molecular weight excluding hydrogens is 350 g/mol. The Labute approximate surface area is 155 Å². The molecule has 0 aliphatic carbocycles. The van der Waals surface area contributed by atoms with Crippen LogP contribution in [0.1, 0.15) is 5.56 Å². The van der Waals surface area contributed by atoms with Gasteiger partial charge in [-0.3, -0.25) is 5.43 Å². The predicted molar refractivity (Wildman–Crippen MR) is 108 cm³/mol. The Bertz CT molecular complexity index is 866. The van der Waals surface area contributed by atoms with Gasteiger partial charge in [0, 0.05) is 18.3 Å². The fraction of sp³-hybridized carbons (Fsp3) is 0.0556. The third-order valence-electron chi connectivity index (χ3n) is 3.29. The number of hydrazone groups is 1. The van der Waals surface area contributed by atoms with Gasteiger partial charge in [-0.1, -0.05) is 30.3 Å². The van der Waals surface area contributed by atoms with Crippen molar-refractivity contribution in [3.63, 3.8) is 0 Å². The number of benzene rings is 1. The van der Waals surface area contributed by atoms with Crippen molar-refractivity contribution in [3.05, 3.63) is 72.3 Å². The topological polar surface area (TPSA) is 54.2 Å². The smallest absolute Gasteiger partial charge is 0.187 e. The highest BCUT2D eigenvalue weighted by Crippen LogP contribution is 2.26. The van der Waals surface area contributed by atoms with E-state index in [4.69, 9.17) is 17.3 Å². The molecule has 0 atom stereocenters. The van der Waals surface area contributed by atoms with E-state index in [1.807, 2.05) is 58.7 Å². The monoisotopic (exact) mass is 367 g/mol. The number of nitrogens with one attached hydrogen (secondary N) is 2. The number of rotatable bonds is 6. The van der Waals surface area contributed by atoms with E-state index in [9.17, 15) is 0 Å². The summed E-state index contributed by atoms with van der Waals surface area (Å²) in [6.07, 6.45) is 5.41. The maximum Gasteiger partial charge on any atom is 0.187 e. The highest BCUT2D eigenvalue weighted by Gasteiger charge is 2.11. The van der Waals surface area contributed by atoms with E-state index in [1.54, 1.807) is 23.6 Å². The molecule has 2 heterocycles. The van der Waals surface area contributed by atoms with Gasteiger partial charge in [-0.05, 0) is 35.8 Å². The average Bonchev–Trinajstić information content (AvgIpc) is 3.30. The van der Waals surface area contributed by atoms with Crippen LogP contribution in [0.15, 0.2) is 71.8 Å². The van der Waals surface area contributed by atoms with E-state index in [-0.39, 0.29) is 0 Å². The summed E-state index contributed by atoms with van der Waals surface area (Å²) in [6.45, 7) is 4.22. The zero-order valence-electron chi connectivity index (χ0n) is 13.4. The van der Waals surface area contributed by atoms with E-state index in [1.165, 1.54) is 0 Å². The van der Waals surface area contributed by atoms with Crippen molar-refractivity contribution in [2.24, 2.45) is 5.10 Å². The fourth-order valence-corrected chi connectivity index (χ4v) is 3.03. The molecule has 7 heteroatoms. The normalized spacial score (nSPS) is 10.7. The minimum absolute atomic E-state index is 0.448. The van der Waals surface area contributed by atoms with Gasteiger partial charge in [0.05, 0.1) is 16.8 Å². The molecule has 0 saturated heterocycles. The molecule has 2 aromatic heterocycles. The average molecular weight is 368 g/mol. The van der Waals surface area contributed by atoms with Crippen LogP contribution in [-0.2, 0) is 0 Å². The summed E-state index contributed by atoms with van der Waals surface area (Å²) in [7, 11) is 0. The second-order valence-electron chi connectivity index (χ2n) is 5.06. The van der Waals surface area contributed by atoms with Gasteiger partial charge < -0.3 is 5.32 Å². The van der Waals surface area contributed by atoms with Crippen molar-refractivity contribution in [3.8, 4) is 16.3 Å². The molecule has 0 fully saturated rings. The SMILES string of the molecule is C=CCNC(=S)NN=Cc1cn(-c2ccccc2)nc1-c1cccs1. The lowest BCUT2D eigenvalue weighted by Gasteiger charge is -2.02. The quantitative estimate of drug-likeness (QED) is 0.303. The third-order valence-corrected chi connectivity index (χ3v) is 4.41. The number of hydrogen-bond donors (Lipinski definition) is 2. The molecule has 2 N–H and O–H groups in total. The molecule has 0 aliphatic heterocycles. The van der Waals surface area contributed by atoms with Gasteiger partial charge in [0.1, 0.15) is 5.69 Å². The molecule has 1 aromatic carbocycles. The summed E-state index contributed by atoms with van der Waals surface area (Å²) in [5.74, 6) is 0. The number of nitrogens with zero attached hydrogens (tertiary/aromatic N) is 3. The van der Waals surface area contributed by atoms with E-state index < -0.39 is 0 Å². The number of aromatic nitrogens is 2. The van der Waals surface area contributed by atoms with Gasteiger partial charge in [0.25, 0.3) is 0 Å². The highest BCUT2D eigenvalue weighted by molar-refractivity contribution is 7.80. The van der Waals surface area contributed by atoms with Crippen molar-refractivity contribution in [1.82, 2.24) is 20.5 Å². The fourth-order valence-electron chi connectivity index (χ4n) is 2.16. The molecule has 25 heavy (non-hydrogen) atoms. The number of thiocarbonyl (C=S) groups is 1. The van der Waals surface area contributed by atoms with Gasteiger partial charge in [-0.2, -0.15) is 10.2 Å². The Hall–Kier alpha value is -2.77. The Morgan fingerprint density at radius 3 is 2.84 bits per heavy atom. The maximum atomic E-state index is 5.13. The van der Waals surface area contributed by atoms with Crippen LogP contribution in [0.25, 0.3) is 16.3 Å². The first-order valence-electron chi connectivity index (χ1n) is 7.64. The van der Waals surface area contributed by atoms with Gasteiger partial charge >= 0.3 is 0 Å². The largest absolute Gasteiger partial charge is 0.358 e. The van der Waals surface area contributed by atoms with Crippen LogP contribution in [0.5, 0.6) is 0 Å². The van der Waals surface area contributed by atoms with E-state index in [0.717, 1.165) is 21.8 Å². The molecule has 0 saturated carbocycles. The third kappa shape index (κ3) is 4.40. The maximum absolute atomic E-state index is 5.13. The lowest BCUT2D eigenvalue weighted by molar-refractivity contribution is 0.885. The van der Waals surface area contributed by atoms with Crippen LogP contribution < -0.4 is 10.7 Å². The van der Waals surface area contributed by atoms with Gasteiger partial charge in [-0.15, -0.1) is 17.9 Å². The first-order valence-corrected chi connectivity index (χ1v) is 8.93. The molecule has 0 spiro atoms. The molecule has 0 bridgehead atoms. The zero-order valence-corrected chi connectivity index (χ0v) is 15.1. The molecular formula is C18H17N5S2. The molecule has 0 unspecified atom stereocenters. The van der Waals surface area contributed by atoms with Crippen LogP contribution in [0.2, 0.25) is 0 Å². The summed E-state index contributed by atoms with van der Waals surface area (Å²) in [4.78, 5) is 1.09. The van der Waals surface area contributed by atoms with Crippen LogP contribution >= 0.6 is 23.6 Å². The summed E-state index contributed by atoms with van der Waals surface area (Å²) in [6, 6.07) is 14.0. The second kappa shape index (κ2) is 8.36. The van der Waals surface area contributed by atoms with Gasteiger partial charge in [0.2, 0.25) is 0 Å². The van der Waals surface area contributed by atoms with Crippen molar-refractivity contribution in [2.75, 3.05) is 6.54 Å². The number of para-hydroxylation sites is 1. The number of hydrogen-bond acceptors (Lipinski definition) is 4. The lowest BCUT2D eigenvalue weighted by Crippen LogP contribution is -2.31. The molecule has 3 aromatic rings. The van der Waals surface area contributed by atoms with Crippen molar-refractivity contribution >= 4 is 34.9 Å². The van der Waals surface area contributed by atoms with Crippen LogP contribution in [-0.4, -0.2) is 27.7 Å². The molecule has 0 radical (unpaired) electrons. The molecule has 0 aliphatic rings. The van der Waals surface area contributed by atoms with Crippen LogP contribution in [0.4, 0.5) is 0 Å². The number of thiophene rings is 1. The second-order valence-corrected chi connectivity index (χ2v) is 6.42. The van der Waals surface area contributed by atoms with Crippen molar-refractivity contribution in [2.45, 2.75) is 0 Å². The Balaban J connectivity index is 1.85. The first kappa shape index (κ1) is 17.1. The van der Waals surface area contributed by atoms with Gasteiger partial charge in [-0.25, -0.2) is 4.68 Å². The Kier molecular flexibility index (Phi) is 5.71. The van der Waals surface area contributed by atoms with Gasteiger partial charge in [0.15, 0.2) is 5.11 Å². The van der Waals surface area contributed by atoms with Crippen LogP contribution in [0.3, 0.4) is 0 Å². The summed E-state index contributed by atoms with van der Waals surface area (Å²) >= 11 is 6.77. The minimum Gasteiger partial charge on any atom is -0.358 e. The molecule has 5 nitrogen and oxygen atoms in total. The molecule has 3 rings (SSSR count). The lowest BCUT2D eigenvalue weighted by atomic mass is 10.2. The standard InChI is InChI=1S/C18H17N5S2/c1-2-10-19-18(24)21-20-12-14-13-23(15-7-4-3-5-8-15)22-17(14)16-9-6-11-25-16/h2-9,11-13H,1,10H2,(H2,19,21,24). The highest BCUT2D eigenvalue weighted by atomic mass is 32.1. The van der Waals surface area contributed by atoms with Crippen LogP contribution in [0, 0.1) is 0 Å². The predicted octanol–water partition coefficient (Wildman–Crippen LogP) is 3.58.